The van der Waals surface area contributed by atoms with Crippen molar-refractivity contribution in [1.29, 1.82) is 0 Å². The number of carboxylic acid groups (broad SMARTS) is 1. The van der Waals surface area contributed by atoms with Crippen LogP contribution < -0.4 is 4.74 Å². The van der Waals surface area contributed by atoms with Gasteiger partial charge in [0.25, 0.3) is 0 Å². The number of aromatic carboxylic acids is 1. The molecule has 2 aromatic heterocycles. The largest absolute Gasteiger partial charge is 0.477 e. The summed E-state index contributed by atoms with van der Waals surface area (Å²) in [5.74, 6) is -0.919. The van der Waals surface area contributed by atoms with Crippen LogP contribution in [-0.4, -0.2) is 24.7 Å². The van der Waals surface area contributed by atoms with Crippen molar-refractivity contribution in [2.45, 2.75) is 17.6 Å². The van der Waals surface area contributed by atoms with Gasteiger partial charge in [0.1, 0.15) is 4.88 Å². The predicted molar refractivity (Wildman–Crippen MR) is 76.7 cm³/mol. The van der Waals surface area contributed by atoms with E-state index in [4.69, 9.17) is 9.84 Å². The Labute approximate surface area is 122 Å². The van der Waals surface area contributed by atoms with E-state index >= 15 is 0 Å². The molecule has 1 N–H and O–H groups in total. The molecule has 7 heteroatoms. The maximum absolute atomic E-state index is 10.8. The highest BCUT2D eigenvalue weighted by Gasteiger charge is 2.15. The maximum atomic E-state index is 10.8. The van der Waals surface area contributed by atoms with E-state index in [1.165, 1.54) is 0 Å². The third kappa shape index (κ3) is 3.22. The summed E-state index contributed by atoms with van der Waals surface area (Å²) >= 11 is 3.33. The van der Waals surface area contributed by atoms with E-state index in [1.807, 2.05) is 17.7 Å². The fraction of sp³-hybridized carbons (Fsp3) is 0.273. The number of carboxylic acids is 1. The van der Waals surface area contributed by atoms with Crippen molar-refractivity contribution in [3.05, 3.63) is 35.2 Å². The van der Waals surface area contributed by atoms with Crippen LogP contribution in [0.5, 0.6) is 5.06 Å². The molecule has 0 aromatic carbocycles. The molecule has 96 valence electrons. The zero-order chi connectivity index (χ0) is 13.1. The van der Waals surface area contributed by atoms with Gasteiger partial charge in [0, 0.05) is 18.0 Å². The van der Waals surface area contributed by atoms with Crippen molar-refractivity contribution in [1.82, 2.24) is 9.55 Å². The van der Waals surface area contributed by atoms with Gasteiger partial charge in [0.05, 0.1) is 12.9 Å². The molecule has 0 aliphatic rings. The SMILES string of the molecule is Cc1cc(C(=O)O)sc1OC(I)Cn1ccnc1. The van der Waals surface area contributed by atoms with Gasteiger partial charge in [0.15, 0.2) is 9.17 Å². The second-order valence-electron chi connectivity index (χ2n) is 3.67. The molecule has 2 heterocycles. The van der Waals surface area contributed by atoms with E-state index < -0.39 is 5.97 Å². The number of halogens is 1. The monoisotopic (exact) mass is 378 g/mol. The van der Waals surface area contributed by atoms with Gasteiger partial charge < -0.3 is 14.4 Å². The zero-order valence-electron chi connectivity index (χ0n) is 9.54. The van der Waals surface area contributed by atoms with Crippen molar-refractivity contribution in [3.63, 3.8) is 0 Å². The lowest BCUT2D eigenvalue weighted by Crippen LogP contribution is -2.15. The first kappa shape index (κ1) is 13.3. The number of hydrogen-bond donors (Lipinski definition) is 1. The van der Waals surface area contributed by atoms with Crippen LogP contribution in [0.15, 0.2) is 24.8 Å². The van der Waals surface area contributed by atoms with Crippen LogP contribution >= 0.6 is 33.9 Å². The molecular weight excluding hydrogens is 367 g/mol. The summed E-state index contributed by atoms with van der Waals surface area (Å²) in [5.41, 5.74) is 0.852. The third-order valence-electron chi connectivity index (χ3n) is 2.23. The predicted octanol–water partition coefficient (Wildman–Crippen LogP) is 2.79. The number of aromatic nitrogens is 2. The Morgan fingerprint density at radius 1 is 1.72 bits per heavy atom. The molecule has 0 spiro atoms. The lowest BCUT2D eigenvalue weighted by Gasteiger charge is -2.12. The molecule has 18 heavy (non-hydrogen) atoms. The molecule has 0 saturated heterocycles. The quantitative estimate of drug-likeness (QED) is 0.642. The third-order valence-corrected chi connectivity index (χ3v) is 4.00. The van der Waals surface area contributed by atoms with Crippen molar-refractivity contribution < 1.29 is 14.6 Å². The van der Waals surface area contributed by atoms with Crippen LogP contribution in [-0.2, 0) is 6.54 Å². The highest BCUT2D eigenvalue weighted by atomic mass is 127. The first-order valence-corrected chi connectivity index (χ1v) is 7.22. The molecule has 0 bridgehead atoms. The normalized spacial score (nSPS) is 12.3. The van der Waals surface area contributed by atoms with E-state index in [-0.39, 0.29) is 4.11 Å². The minimum Gasteiger partial charge on any atom is -0.477 e. The Morgan fingerprint density at radius 3 is 3.06 bits per heavy atom. The van der Waals surface area contributed by atoms with E-state index in [0.717, 1.165) is 16.9 Å². The molecule has 0 amide bonds. The fourth-order valence-corrected chi connectivity index (χ4v) is 3.19. The van der Waals surface area contributed by atoms with Crippen LogP contribution in [0.2, 0.25) is 0 Å². The smallest absolute Gasteiger partial charge is 0.346 e. The summed E-state index contributed by atoms with van der Waals surface area (Å²) in [6, 6.07) is 1.63. The van der Waals surface area contributed by atoms with Crippen LogP contribution in [0.4, 0.5) is 0 Å². The second-order valence-corrected chi connectivity index (χ2v) is 6.08. The Balaban J connectivity index is 2.02. The lowest BCUT2D eigenvalue weighted by atomic mass is 10.3. The number of alkyl halides is 1. The molecule has 5 nitrogen and oxygen atoms in total. The highest BCUT2D eigenvalue weighted by Crippen LogP contribution is 2.31. The van der Waals surface area contributed by atoms with Crippen LogP contribution in [0.25, 0.3) is 0 Å². The molecule has 0 saturated carbocycles. The highest BCUT2D eigenvalue weighted by molar-refractivity contribution is 14.1. The van der Waals surface area contributed by atoms with Crippen LogP contribution in [0, 0.1) is 6.92 Å². The molecule has 2 rings (SSSR count). The maximum Gasteiger partial charge on any atom is 0.346 e. The van der Waals surface area contributed by atoms with E-state index in [9.17, 15) is 4.79 Å². The van der Waals surface area contributed by atoms with Gasteiger partial charge in [-0.2, -0.15) is 0 Å². The summed E-state index contributed by atoms with van der Waals surface area (Å²) in [6.45, 7) is 2.51. The molecule has 0 aliphatic carbocycles. The number of nitrogens with zero attached hydrogens (tertiary/aromatic N) is 2. The summed E-state index contributed by atoms with van der Waals surface area (Å²) in [7, 11) is 0. The summed E-state index contributed by atoms with van der Waals surface area (Å²) < 4.78 is 7.58. The fourth-order valence-electron chi connectivity index (χ4n) is 1.40. The van der Waals surface area contributed by atoms with Gasteiger partial charge in [-0.15, -0.1) is 0 Å². The first-order valence-electron chi connectivity index (χ1n) is 5.16. The zero-order valence-corrected chi connectivity index (χ0v) is 12.5. The molecule has 0 radical (unpaired) electrons. The number of thiophene rings is 1. The standard InChI is InChI=1S/C11H11IN2O3S/c1-7-4-8(10(15)16)18-11(7)17-9(12)5-14-3-2-13-6-14/h2-4,6,9H,5H2,1H3,(H,15,16). The van der Waals surface area contributed by atoms with Gasteiger partial charge in [-0.1, -0.05) is 11.3 Å². The van der Waals surface area contributed by atoms with Crippen molar-refractivity contribution in [2.24, 2.45) is 0 Å². The average Bonchev–Trinajstić information content (AvgIpc) is 2.89. The van der Waals surface area contributed by atoms with E-state index in [2.05, 4.69) is 27.6 Å². The van der Waals surface area contributed by atoms with E-state index in [0.29, 0.717) is 16.5 Å². The number of aryl methyl sites for hydroxylation is 1. The Bertz CT molecular complexity index is 538. The summed E-state index contributed by atoms with van der Waals surface area (Å²) in [5, 5.41) is 9.56. The number of carbonyl (C=O) groups is 1. The molecule has 1 atom stereocenters. The summed E-state index contributed by atoms with van der Waals surface area (Å²) in [6.07, 6.45) is 5.29. The number of rotatable bonds is 5. The van der Waals surface area contributed by atoms with Crippen molar-refractivity contribution >= 4 is 39.9 Å². The van der Waals surface area contributed by atoms with Crippen LogP contribution in [0.3, 0.4) is 0 Å². The van der Waals surface area contributed by atoms with Gasteiger partial charge >= 0.3 is 5.97 Å². The number of hydrogen-bond acceptors (Lipinski definition) is 4. The Hall–Kier alpha value is -1.09. The van der Waals surface area contributed by atoms with Gasteiger partial charge in [-0.25, -0.2) is 9.78 Å². The molecule has 0 aliphatic heterocycles. The Kier molecular flexibility index (Phi) is 4.23. The Morgan fingerprint density at radius 2 is 2.50 bits per heavy atom. The van der Waals surface area contributed by atoms with Crippen molar-refractivity contribution in [2.75, 3.05) is 0 Å². The van der Waals surface area contributed by atoms with Crippen LogP contribution in [0.1, 0.15) is 15.2 Å². The van der Waals surface area contributed by atoms with Gasteiger partial charge in [-0.05, 0) is 35.6 Å². The van der Waals surface area contributed by atoms with Gasteiger partial charge in [-0.3, -0.25) is 0 Å². The lowest BCUT2D eigenvalue weighted by molar-refractivity contribution is 0.0702. The minimum atomic E-state index is -0.919. The minimum absolute atomic E-state index is 0.0733. The number of imidazole rings is 1. The first-order chi connectivity index (χ1) is 8.56. The molecule has 2 aromatic rings. The molecular formula is C11H11IN2O3S. The average molecular weight is 378 g/mol. The number of ether oxygens (including phenoxy) is 1. The van der Waals surface area contributed by atoms with E-state index in [1.54, 1.807) is 18.6 Å². The van der Waals surface area contributed by atoms with Crippen molar-refractivity contribution in [3.8, 4) is 5.06 Å². The molecule has 0 fully saturated rings. The topological polar surface area (TPSA) is 64.3 Å². The second kappa shape index (κ2) is 5.70. The van der Waals surface area contributed by atoms with Gasteiger partial charge in [0.2, 0.25) is 0 Å². The molecule has 1 unspecified atom stereocenters. The summed E-state index contributed by atoms with van der Waals surface area (Å²) in [4.78, 5) is 15.1.